The van der Waals surface area contributed by atoms with Gasteiger partial charge >= 0.3 is 127 Å². The SMILES string of the molecule is O=C(CCC(=O)OCC[O][PoH])OCC[O][PoH]. The van der Waals surface area contributed by atoms with Crippen molar-refractivity contribution in [1.82, 2.24) is 0 Å². The van der Waals surface area contributed by atoms with Crippen LogP contribution in [0.1, 0.15) is 12.8 Å². The van der Waals surface area contributed by atoms with Gasteiger partial charge in [0.1, 0.15) is 0 Å². The summed E-state index contributed by atoms with van der Waals surface area (Å²) in [7, 11) is 0. The molecule has 0 aromatic heterocycles. The van der Waals surface area contributed by atoms with Crippen molar-refractivity contribution in [3.8, 4) is 0 Å². The number of carbonyl (C=O) groups is 2. The average molecular weight is 624 g/mol. The summed E-state index contributed by atoms with van der Waals surface area (Å²) in [6.07, 6.45) is 0.0787. The van der Waals surface area contributed by atoms with Crippen LogP contribution >= 0.6 is 0 Å². The fraction of sp³-hybridized carbons (Fsp3) is 0.750. The quantitative estimate of drug-likeness (QED) is 0.231. The first-order chi connectivity index (χ1) is 7.70. The van der Waals surface area contributed by atoms with Gasteiger partial charge in [0, 0.05) is 0 Å². The molecule has 0 saturated carbocycles. The van der Waals surface area contributed by atoms with Crippen LogP contribution in [-0.4, -0.2) is 89.4 Å². The number of rotatable bonds is 9. The Labute approximate surface area is 126 Å². The van der Waals surface area contributed by atoms with Crippen molar-refractivity contribution in [3.63, 3.8) is 0 Å². The van der Waals surface area contributed by atoms with Crippen molar-refractivity contribution < 1.29 is 24.6 Å². The molecule has 0 bridgehead atoms. The van der Waals surface area contributed by atoms with Gasteiger partial charge in [-0.05, 0) is 0 Å². The molecule has 0 aromatic carbocycles. The second-order valence-electron chi connectivity index (χ2n) is 2.61. The van der Waals surface area contributed by atoms with Crippen molar-refractivity contribution in [1.29, 1.82) is 0 Å². The second-order valence-corrected chi connectivity index (χ2v) is 4.61. The number of carbonyl (C=O) groups excluding carboxylic acids is 2. The minimum absolute atomic E-state index is 0.0394. The van der Waals surface area contributed by atoms with Crippen LogP contribution in [0.15, 0.2) is 0 Å². The molecule has 16 heavy (non-hydrogen) atoms. The third-order valence-electron chi connectivity index (χ3n) is 1.41. The summed E-state index contributed by atoms with van der Waals surface area (Å²) in [5, 5.41) is 0. The van der Waals surface area contributed by atoms with Gasteiger partial charge in [-0.3, -0.25) is 0 Å². The molecule has 0 aliphatic heterocycles. The van der Waals surface area contributed by atoms with E-state index in [0.717, 1.165) is 51.0 Å². The van der Waals surface area contributed by atoms with Gasteiger partial charge in [0.2, 0.25) is 0 Å². The van der Waals surface area contributed by atoms with Gasteiger partial charge in [0.05, 0.1) is 0 Å². The van der Waals surface area contributed by atoms with Crippen LogP contribution in [-0.2, 0) is 24.6 Å². The number of ether oxygens (including phenoxy) is 2. The molecular weight excluding hydrogens is 610 g/mol. The fourth-order valence-electron chi connectivity index (χ4n) is 0.734. The van der Waals surface area contributed by atoms with E-state index in [9.17, 15) is 9.59 Å². The molecular formula is C8H14O6Po2. The summed E-state index contributed by atoms with van der Waals surface area (Å²) in [6.45, 7) is 1.28. The third kappa shape index (κ3) is 11.1. The fourth-order valence-corrected chi connectivity index (χ4v) is 1.31. The Balaban J connectivity index is 3.40. The maximum atomic E-state index is 11.1. The zero-order valence-corrected chi connectivity index (χ0v) is 15.5. The molecule has 6 nitrogen and oxygen atoms in total. The van der Waals surface area contributed by atoms with Crippen LogP contribution in [0.4, 0.5) is 0 Å². The van der Waals surface area contributed by atoms with Gasteiger partial charge in [-0.15, -0.1) is 0 Å². The maximum absolute atomic E-state index is 11.1. The Kier molecular flexibility index (Phi) is 12.6. The first kappa shape index (κ1) is 16.7. The summed E-state index contributed by atoms with van der Waals surface area (Å²) >= 11 is 1.61. The monoisotopic (exact) mass is 624 g/mol. The molecule has 0 spiro atoms. The molecule has 0 aliphatic carbocycles. The molecule has 0 atom stereocenters. The van der Waals surface area contributed by atoms with Gasteiger partial charge in [-0.1, -0.05) is 0 Å². The summed E-state index contributed by atoms with van der Waals surface area (Å²) in [4.78, 5) is 22.1. The van der Waals surface area contributed by atoms with Crippen molar-refractivity contribution in [2.75, 3.05) is 26.4 Å². The Hall–Kier alpha value is 0.652. The Morgan fingerprint density at radius 3 is 1.44 bits per heavy atom. The van der Waals surface area contributed by atoms with E-state index in [1.54, 1.807) is 0 Å². The first-order valence-corrected chi connectivity index (χ1v) is 7.38. The van der Waals surface area contributed by atoms with E-state index in [0.29, 0.717) is 13.2 Å². The average Bonchev–Trinajstić information content (AvgIpc) is 2.27. The Morgan fingerprint density at radius 2 is 1.12 bits per heavy atom. The molecule has 0 radical (unpaired) electrons. The van der Waals surface area contributed by atoms with Crippen molar-refractivity contribution in [3.05, 3.63) is 0 Å². The topological polar surface area (TPSA) is 71.1 Å². The minimum atomic E-state index is -0.412. The van der Waals surface area contributed by atoms with Crippen LogP contribution in [0, 0.1) is 0 Å². The van der Waals surface area contributed by atoms with Crippen molar-refractivity contribution in [2.45, 2.75) is 12.8 Å². The van der Waals surface area contributed by atoms with Crippen LogP contribution in [0.5, 0.6) is 0 Å². The van der Waals surface area contributed by atoms with E-state index in [2.05, 4.69) is 0 Å². The van der Waals surface area contributed by atoms with Crippen LogP contribution in [0.25, 0.3) is 0 Å². The summed E-state index contributed by atoms with van der Waals surface area (Å²) < 4.78 is 19.2. The Bertz CT molecular complexity index is 189. The van der Waals surface area contributed by atoms with E-state index in [4.69, 9.17) is 15.0 Å². The number of hydrogen-bond donors (Lipinski definition) is 0. The zero-order valence-electron chi connectivity index (χ0n) is 8.59. The predicted molar refractivity (Wildman–Crippen MR) is 57.4 cm³/mol. The van der Waals surface area contributed by atoms with E-state index in [-0.39, 0.29) is 26.1 Å². The summed E-state index contributed by atoms with van der Waals surface area (Å²) in [6, 6.07) is 0. The molecule has 0 aliphatic rings. The molecule has 94 valence electrons. The molecule has 0 aromatic rings. The van der Waals surface area contributed by atoms with Crippen LogP contribution in [0.3, 0.4) is 0 Å². The first-order valence-electron chi connectivity index (χ1n) is 4.54. The van der Waals surface area contributed by atoms with Gasteiger partial charge in [-0.25, -0.2) is 0 Å². The van der Waals surface area contributed by atoms with Gasteiger partial charge < -0.3 is 0 Å². The van der Waals surface area contributed by atoms with Gasteiger partial charge in [0.25, 0.3) is 0 Å². The van der Waals surface area contributed by atoms with Crippen LogP contribution < -0.4 is 0 Å². The second kappa shape index (κ2) is 12.1. The predicted octanol–water partition coefficient (Wildman–Crippen LogP) is -1.48. The molecule has 0 saturated heterocycles. The summed E-state index contributed by atoms with van der Waals surface area (Å²) in [5.41, 5.74) is 0. The molecule has 8 heteroatoms. The standard InChI is InChI=1S/C8H12O6.2Po.2H/c9-3-5-13-7(11)1-2-8(12)14-6-4-10;;;;/h1-6H2;;;;/q-2;2*+1;;. The van der Waals surface area contributed by atoms with Crippen LogP contribution in [0.2, 0.25) is 0 Å². The number of hydrogen-bond acceptors (Lipinski definition) is 6. The molecule has 0 N–H and O–H groups in total. The third-order valence-corrected chi connectivity index (χ3v) is 2.83. The molecule has 0 amide bonds. The molecule has 0 heterocycles. The van der Waals surface area contributed by atoms with Gasteiger partial charge in [-0.2, -0.15) is 0 Å². The molecule has 0 unspecified atom stereocenters. The van der Waals surface area contributed by atoms with E-state index in [1.807, 2.05) is 0 Å². The van der Waals surface area contributed by atoms with Crippen molar-refractivity contribution in [2.24, 2.45) is 0 Å². The normalized spacial score (nSPS) is 9.88. The van der Waals surface area contributed by atoms with E-state index < -0.39 is 11.9 Å². The zero-order chi connectivity index (χ0) is 12.2. The molecule has 0 rings (SSSR count). The molecule has 0 fully saturated rings. The van der Waals surface area contributed by atoms with Gasteiger partial charge in [0.15, 0.2) is 0 Å². The van der Waals surface area contributed by atoms with E-state index in [1.165, 1.54) is 0 Å². The van der Waals surface area contributed by atoms with E-state index >= 15 is 0 Å². The Morgan fingerprint density at radius 1 is 0.750 bits per heavy atom. The number of esters is 2. The summed E-state index contributed by atoms with van der Waals surface area (Å²) in [5.74, 6) is -0.824. The van der Waals surface area contributed by atoms with Crippen molar-refractivity contribution >= 4 is 63.0 Å².